The molecule has 0 fully saturated rings. The van der Waals surface area contributed by atoms with Crippen LogP contribution in [0.1, 0.15) is 29.4 Å². The summed E-state index contributed by atoms with van der Waals surface area (Å²) in [6.07, 6.45) is 0. The van der Waals surface area contributed by atoms with Crippen molar-refractivity contribution in [2.24, 2.45) is 0 Å². The standard InChI is InChI=1S/C11H20N2O3S2/c1-4-12-6-10-9(7-16-3)13-11(17-10)8-18(14,15)5-2/h12H,4-8H2,1-3H3. The molecule has 1 aromatic rings. The molecule has 0 aliphatic heterocycles. The molecule has 0 atom stereocenters. The second-order valence-electron chi connectivity index (χ2n) is 3.87. The quantitative estimate of drug-likeness (QED) is 0.783. The maximum Gasteiger partial charge on any atom is 0.156 e. The second-order valence-corrected chi connectivity index (χ2v) is 7.39. The van der Waals surface area contributed by atoms with Crippen LogP contribution in [0, 0.1) is 0 Å². The maximum absolute atomic E-state index is 11.6. The van der Waals surface area contributed by atoms with E-state index in [0.29, 0.717) is 18.2 Å². The van der Waals surface area contributed by atoms with Gasteiger partial charge in [-0.15, -0.1) is 11.3 Å². The first-order chi connectivity index (χ1) is 8.52. The highest BCUT2D eigenvalue weighted by Gasteiger charge is 2.16. The zero-order valence-corrected chi connectivity index (χ0v) is 12.7. The molecule has 104 valence electrons. The van der Waals surface area contributed by atoms with Crippen molar-refractivity contribution >= 4 is 21.2 Å². The topological polar surface area (TPSA) is 68.3 Å². The number of ether oxygens (including phenoxy) is 1. The minimum Gasteiger partial charge on any atom is -0.378 e. The molecule has 1 aromatic heterocycles. The smallest absolute Gasteiger partial charge is 0.156 e. The van der Waals surface area contributed by atoms with Gasteiger partial charge in [0.15, 0.2) is 9.84 Å². The van der Waals surface area contributed by atoms with Gasteiger partial charge >= 0.3 is 0 Å². The van der Waals surface area contributed by atoms with Crippen molar-refractivity contribution in [2.75, 3.05) is 19.4 Å². The fourth-order valence-electron chi connectivity index (χ4n) is 1.41. The van der Waals surface area contributed by atoms with E-state index in [-0.39, 0.29) is 11.5 Å². The van der Waals surface area contributed by atoms with Crippen molar-refractivity contribution in [1.29, 1.82) is 0 Å². The average Bonchev–Trinajstić information content (AvgIpc) is 2.68. The summed E-state index contributed by atoms with van der Waals surface area (Å²) in [6.45, 7) is 5.67. The first kappa shape index (κ1) is 15.6. The Hall–Kier alpha value is -0.500. The summed E-state index contributed by atoms with van der Waals surface area (Å²) in [5.74, 6) is 0.172. The number of hydrogen-bond acceptors (Lipinski definition) is 6. The summed E-state index contributed by atoms with van der Waals surface area (Å²) >= 11 is 1.45. The molecule has 7 heteroatoms. The first-order valence-electron chi connectivity index (χ1n) is 5.90. The van der Waals surface area contributed by atoms with Crippen LogP contribution in [0.4, 0.5) is 0 Å². The van der Waals surface area contributed by atoms with Gasteiger partial charge in [-0.1, -0.05) is 13.8 Å². The Balaban J connectivity index is 2.87. The lowest BCUT2D eigenvalue weighted by Crippen LogP contribution is -2.12. The Bertz CT molecular complexity index is 469. The number of methoxy groups -OCH3 is 1. The Labute approximate surface area is 112 Å². The van der Waals surface area contributed by atoms with Crippen LogP contribution < -0.4 is 5.32 Å². The Morgan fingerprint density at radius 3 is 2.67 bits per heavy atom. The largest absolute Gasteiger partial charge is 0.378 e. The van der Waals surface area contributed by atoms with Gasteiger partial charge in [0.1, 0.15) is 10.8 Å². The third-order valence-electron chi connectivity index (χ3n) is 2.42. The fraction of sp³-hybridized carbons (Fsp3) is 0.727. The van der Waals surface area contributed by atoms with Crippen molar-refractivity contribution < 1.29 is 13.2 Å². The van der Waals surface area contributed by atoms with Gasteiger partial charge in [0.05, 0.1) is 12.3 Å². The number of hydrogen-bond donors (Lipinski definition) is 1. The summed E-state index contributed by atoms with van der Waals surface area (Å²) in [5, 5.41) is 3.87. The molecule has 0 radical (unpaired) electrons. The van der Waals surface area contributed by atoms with Gasteiger partial charge in [0.25, 0.3) is 0 Å². The third kappa shape index (κ3) is 4.64. The molecule has 1 heterocycles. The number of nitrogens with one attached hydrogen (secondary N) is 1. The van der Waals surface area contributed by atoms with Crippen molar-refractivity contribution in [2.45, 2.75) is 32.8 Å². The third-order valence-corrected chi connectivity index (χ3v) is 5.30. The molecule has 0 aliphatic carbocycles. The lowest BCUT2D eigenvalue weighted by molar-refractivity contribution is 0.181. The van der Waals surface area contributed by atoms with E-state index in [1.807, 2.05) is 6.92 Å². The number of rotatable bonds is 8. The summed E-state index contributed by atoms with van der Waals surface area (Å²) in [4.78, 5) is 5.42. The fourth-order valence-corrected chi connectivity index (χ4v) is 3.67. The molecule has 0 unspecified atom stereocenters. The Morgan fingerprint density at radius 2 is 2.11 bits per heavy atom. The molecule has 0 aromatic carbocycles. The first-order valence-corrected chi connectivity index (χ1v) is 8.53. The zero-order chi connectivity index (χ0) is 13.6. The predicted molar refractivity (Wildman–Crippen MR) is 73.4 cm³/mol. The Kier molecular flexibility index (Phi) is 6.20. The van der Waals surface area contributed by atoms with Crippen LogP contribution in [0.2, 0.25) is 0 Å². The van der Waals surface area contributed by atoms with Crippen LogP contribution >= 0.6 is 11.3 Å². The SMILES string of the molecule is CCNCc1sc(CS(=O)(=O)CC)nc1COC. The maximum atomic E-state index is 11.6. The van der Waals surface area contributed by atoms with Crippen LogP contribution in [-0.4, -0.2) is 32.8 Å². The molecule has 18 heavy (non-hydrogen) atoms. The normalized spacial score (nSPS) is 11.9. The number of thiazole rings is 1. The number of sulfone groups is 1. The van der Waals surface area contributed by atoms with Gasteiger partial charge in [-0.2, -0.15) is 0 Å². The van der Waals surface area contributed by atoms with Crippen molar-refractivity contribution in [3.63, 3.8) is 0 Å². The molecule has 0 aliphatic rings. The van der Waals surface area contributed by atoms with Gasteiger partial charge in [-0.3, -0.25) is 0 Å². The molecule has 1 rings (SSSR count). The molecule has 0 saturated heterocycles. The van der Waals surface area contributed by atoms with E-state index in [1.54, 1.807) is 14.0 Å². The van der Waals surface area contributed by atoms with E-state index in [4.69, 9.17) is 4.74 Å². The van der Waals surface area contributed by atoms with Gasteiger partial charge < -0.3 is 10.1 Å². The van der Waals surface area contributed by atoms with E-state index in [2.05, 4.69) is 10.3 Å². The molecule has 0 saturated carbocycles. The lowest BCUT2D eigenvalue weighted by atomic mass is 10.3. The predicted octanol–water partition coefficient (Wildman–Crippen LogP) is 1.33. The van der Waals surface area contributed by atoms with Crippen molar-refractivity contribution in [3.05, 3.63) is 15.6 Å². The van der Waals surface area contributed by atoms with Crippen LogP contribution in [0.3, 0.4) is 0 Å². The molecular formula is C11H20N2O3S2. The highest BCUT2D eigenvalue weighted by Crippen LogP contribution is 2.21. The summed E-state index contributed by atoms with van der Waals surface area (Å²) in [7, 11) is -1.41. The van der Waals surface area contributed by atoms with Crippen LogP contribution in [0.5, 0.6) is 0 Å². The van der Waals surface area contributed by atoms with Gasteiger partial charge in [-0.25, -0.2) is 13.4 Å². The summed E-state index contributed by atoms with van der Waals surface area (Å²) in [5.41, 5.74) is 0.838. The molecule has 5 nitrogen and oxygen atoms in total. The lowest BCUT2D eigenvalue weighted by Gasteiger charge is -2.00. The van der Waals surface area contributed by atoms with Gasteiger partial charge in [0.2, 0.25) is 0 Å². The van der Waals surface area contributed by atoms with E-state index < -0.39 is 9.84 Å². The minimum absolute atomic E-state index is 0.0248. The van der Waals surface area contributed by atoms with E-state index >= 15 is 0 Å². The van der Waals surface area contributed by atoms with Crippen LogP contribution in [0.15, 0.2) is 0 Å². The average molecular weight is 292 g/mol. The highest BCUT2D eigenvalue weighted by atomic mass is 32.2. The number of aromatic nitrogens is 1. The van der Waals surface area contributed by atoms with Crippen molar-refractivity contribution in [1.82, 2.24) is 10.3 Å². The van der Waals surface area contributed by atoms with E-state index in [1.165, 1.54) is 11.3 Å². The van der Waals surface area contributed by atoms with Gasteiger partial charge in [-0.05, 0) is 6.54 Å². The number of nitrogens with zero attached hydrogens (tertiary/aromatic N) is 1. The molecule has 0 bridgehead atoms. The highest BCUT2D eigenvalue weighted by molar-refractivity contribution is 7.90. The molecule has 0 spiro atoms. The Morgan fingerprint density at radius 1 is 1.39 bits per heavy atom. The van der Waals surface area contributed by atoms with Crippen LogP contribution in [0.25, 0.3) is 0 Å². The molecule has 1 N–H and O–H groups in total. The van der Waals surface area contributed by atoms with Gasteiger partial charge in [0, 0.05) is 24.3 Å². The monoisotopic (exact) mass is 292 g/mol. The van der Waals surface area contributed by atoms with Crippen LogP contribution in [-0.2, 0) is 33.5 Å². The summed E-state index contributed by atoms with van der Waals surface area (Å²) < 4.78 is 28.2. The molecular weight excluding hydrogens is 272 g/mol. The minimum atomic E-state index is -3.02. The zero-order valence-electron chi connectivity index (χ0n) is 11.0. The van der Waals surface area contributed by atoms with E-state index in [9.17, 15) is 8.42 Å². The van der Waals surface area contributed by atoms with Crippen molar-refractivity contribution in [3.8, 4) is 0 Å². The summed E-state index contributed by atoms with van der Waals surface area (Å²) in [6, 6.07) is 0. The van der Waals surface area contributed by atoms with E-state index in [0.717, 1.165) is 17.1 Å². The molecule has 0 amide bonds. The second kappa shape index (κ2) is 7.18.